The van der Waals surface area contributed by atoms with Crippen LogP contribution in [0.25, 0.3) is 38.2 Å². The van der Waals surface area contributed by atoms with Gasteiger partial charge in [0.05, 0.1) is 0 Å². The molecule has 0 spiro atoms. The first-order valence-electron chi connectivity index (χ1n) is 13.2. The molecule has 0 saturated carbocycles. The van der Waals surface area contributed by atoms with Gasteiger partial charge in [0, 0.05) is 17.1 Å². The van der Waals surface area contributed by atoms with Gasteiger partial charge in [0.2, 0.25) is 0 Å². The molecule has 0 saturated heterocycles. The van der Waals surface area contributed by atoms with Gasteiger partial charge in [-0.1, -0.05) is 124 Å². The maximum absolute atomic E-state index is 6.41. The fraction of sp³-hybridized carbons (Fsp3) is 0.167. The van der Waals surface area contributed by atoms with Crippen LogP contribution >= 0.6 is 0 Å². The molecular weight excluding hydrogens is 448 g/mol. The predicted octanol–water partition coefficient (Wildman–Crippen LogP) is 9.46. The van der Waals surface area contributed by atoms with Gasteiger partial charge in [-0.3, -0.25) is 0 Å². The number of para-hydroxylation sites is 1. The molecule has 0 radical (unpaired) electrons. The third-order valence-electron chi connectivity index (χ3n) is 8.01. The van der Waals surface area contributed by atoms with Crippen LogP contribution in [0.4, 0.5) is 0 Å². The second-order valence-corrected chi connectivity index (χ2v) is 11.3. The van der Waals surface area contributed by atoms with Gasteiger partial charge in [0.15, 0.2) is 0 Å². The van der Waals surface area contributed by atoms with Crippen LogP contribution in [0.15, 0.2) is 115 Å². The van der Waals surface area contributed by atoms with Crippen molar-refractivity contribution in [2.75, 3.05) is 0 Å². The van der Waals surface area contributed by atoms with Crippen LogP contribution in [0.2, 0.25) is 0 Å². The number of benzene rings is 5. The van der Waals surface area contributed by atoms with E-state index in [2.05, 4.69) is 130 Å². The maximum atomic E-state index is 6.41. The van der Waals surface area contributed by atoms with Gasteiger partial charge in [-0.25, -0.2) is 0 Å². The highest BCUT2D eigenvalue weighted by Crippen LogP contribution is 2.45. The van der Waals surface area contributed by atoms with E-state index in [9.17, 15) is 0 Å². The van der Waals surface area contributed by atoms with Gasteiger partial charge in [0.25, 0.3) is 0 Å². The van der Waals surface area contributed by atoms with Crippen LogP contribution in [0.1, 0.15) is 43.4 Å². The highest BCUT2D eigenvalue weighted by molar-refractivity contribution is 6.14. The summed E-state index contributed by atoms with van der Waals surface area (Å²) in [6.07, 6.45) is 6.69. The summed E-state index contributed by atoms with van der Waals surface area (Å²) in [5.74, 6) is 1.19. The first-order chi connectivity index (χ1) is 18.0. The Morgan fingerprint density at radius 2 is 1.43 bits per heavy atom. The molecule has 2 aliphatic rings. The number of rotatable bonds is 2. The van der Waals surface area contributed by atoms with Gasteiger partial charge in [-0.05, 0) is 61.3 Å². The minimum Gasteiger partial charge on any atom is -0.484 e. The molecule has 1 aliphatic heterocycles. The monoisotopic (exact) mass is 478 g/mol. The number of ether oxygens (including phenoxy) is 1. The molecule has 0 fully saturated rings. The van der Waals surface area contributed by atoms with E-state index in [-0.39, 0.29) is 17.4 Å². The van der Waals surface area contributed by atoms with E-state index in [4.69, 9.17) is 4.74 Å². The molecule has 0 aromatic heterocycles. The zero-order valence-corrected chi connectivity index (χ0v) is 21.5. The lowest BCUT2D eigenvalue weighted by atomic mass is 9.83. The summed E-state index contributed by atoms with van der Waals surface area (Å²) in [7, 11) is 0. The van der Waals surface area contributed by atoms with Gasteiger partial charge in [0.1, 0.15) is 11.9 Å². The largest absolute Gasteiger partial charge is 0.484 e. The molecule has 1 heterocycles. The van der Waals surface area contributed by atoms with E-state index in [1.807, 2.05) is 6.07 Å². The lowest BCUT2D eigenvalue weighted by Crippen LogP contribution is -2.22. The van der Waals surface area contributed by atoms with Crippen molar-refractivity contribution in [3.05, 3.63) is 132 Å². The molecule has 37 heavy (non-hydrogen) atoms. The van der Waals surface area contributed by atoms with Crippen LogP contribution in [0, 0.1) is 0 Å². The Bertz CT molecular complexity index is 1730. The molecule has 7 rings (SSSR count). The number of hydrogen-bond acceptors (Lipinski definition) is 1. The normalized spacial score (nSPS) is 18.4. The fourth-order valence-corrected chi connectivity index (χ4v) is 5.97. The predicted molar refractivity (Wildman–Crippen MR) is 156 cm³/mol. The van der Waals surface area contributed by atoms with Crippen LogP contribution < -0.4 is 4.74 Å². The van der Waals surface area contributed by atoms with E-state index < -0.39 is 0 Å². The zero-order chi connectivity index (χ0) is 25.1. The molecule has 1 heteroatoms. The lowest BCUT2D eigenvalue weighted by molar-refractivity contribution is 0.258. The Kier molecular flexibility index (Phi) is 4.91. The summed E-state index contributed by atoms with van der Waals surface area (Å²) < 4.78 is 6.41. The molecule has 2 atom stereocenters. The number of hydrogen-bond donors (Lipinski definition) is 0. The van der Waals surface area contributed by atoms with Crippen molar-refractivity contribution < 1.29 is 4.74 Å². The molecule has 5 aromatic rings. The Morgan fingerprint density at radius 3 is 2.24 bits per heavy atom. The van der Waals surface area contributed by atoms with Crippen molar-refractivity contribution in [2.24, 2.45) is 0 Å². The molecule has 1 nitrogen and oxygen atoms in total. The van der Waals surface area contributed by atoms with Crippen LogP contribution in [-0.2, 0) is 5.41 Å². The lowest BCUT2D eigenvalue weighted by Gasteiger charge is -2.25. The molecule has 1 aliphatic carbocycles. The maximum Gasteiger partial charge on any atom is 0.135 e. The topological polar surface area (TPSA) is 9.23 Å². The smallest absolute Gasteiger partial charge is 0.135 e. The first kappa shape index (κ1) is 22.1. The highest BCUT2D eigenvalue weighted by Gasteiger charge is 2.35. The third-order valence-corrected chi connectivity index (χ3v) is 8.01. The zero-order valence-electron chi connectivity index (χ0n) is 21.5. The summed E-state index contributed by atoms with van der Waals surface area (Å²) in [6.45, 7) is 6.84. The van der Waals surface area contributed by atoms with Crippen molar-refractivity contribution >= 4 is 27.1 Å². The summed E-state index contributed by atoms with van der Waals surface area (Å²) in [6, 6.07) is 35.6. The minimum atomic E-state index is 0.0340. The van der Waals surface area contributed by atoms with E-state index in [1.165, 1.54) is 54.9 Å². The molecule has 180 valence electrons. The summed E-state index contributed by atoms with van der Waals surface area (Å²) in [5, 5.41) is 5.22. The fourth-order valence-electron chi connectivity index (χ4n) is 5.97. The van der Waals surface area contributed by atoms with Crippen LogP contribution in [0.5, 0.6) is 5.75 Å². The Labute approximate surface area is 218 Å². The molecule has 2 unspecified atom stereocenters. The molecule has 0 bridgehead atoms. The SMILES string of the molecule is CC(C)(C)c1ccc2cc(-c3ccc(C4C=CC=C5c6ccccc6OC54)cc3)c3ccccc3c2c1. The van der Waals surface area contributed by atoms with Crippen molar-refractivity contribution in [1.82, 2.24) is 0 Å². The second-order valence-electron chi connectivity index (χ2n) is 11.3. The van der Waals surface area contributed by atoms with Gasteiger partial charge < -0.3 is 4.74 Å². The molecule has 0 N–H and O–H groups in total. The van der Waals surface area contributed by atoms with Crippen LogP contribution in [-0.4, -0.2) is 6.10 Å². The molecule has 5 aromatic carbocycles. The number of fused-ring (bicyclic) bond motifs is 6. The Balaban J connectivity index is 1.28. The van der Waals surface area contributed by atoms with Gasteiger partial charge in [-0.15, -0.1) is 0 Å². The molecule has 0 amide bonds. The van der Waals surface area contributed by atoms with E-state index in [1.54, 1.807) is 0 Å². The third kappa shape index (κ3) is 3.61. The van der Waals surface area contributed by atoms with Crippen LogP contribution in [0.3, 0.4) is 0 Å². The summed E-state index contributed by atoms with van der Waals surface area (Å²) in [5.41, 5.74) is 7.79. The van der Waals surface area contributed by atoms with E-state index in [0.29, 0.717) is 0 Å². The number of allylic oxidation sites excluding steroid dienone is 2. The Morgan fingerprint density at radius 1 is 0.676 bits per heavy atom. The average molecular weight is 479 g/mol. The van der Waals surface area contributed by atoms with E-state index >= 15 is 0 Å². The highest BCUT2D eigenvalue weighted by atomic mass is 16.5. The van der Waals surface area contributed by atoms with Crippen molar-refractivity contribution in [3.8, 4) is 16.9 Å². The first-order valence-corrected chi connectivity index (χ1v) is 13.2. The molecular formula is C36H30O. The van der Waals surface area contributed by atoms with Gasteiger partial charge >= 0.3 is 0 Å². The van der Waals surface area contributed by atoms with E-state index in [0.717, 1.165) is 5.75 Å². The second kappa shape index (κ2) is 8.21. The van der Waals surface area contributed by atoms with Crippen molar-refractivity contribution in [2.45, 2.75) is 38.2 Å². The van der Waals surface area contributed by atoms with Crippen molar-refractivity contribution in [3.63, 3.8) is 0 Å². The Hall–Kier alpha value is -4.10. The summed E-state index contributed by atoms with van der Waals surface area (Å²) in [4.78, 5) is 0. The van der Waals surface area contributed by atoms with Crippen molar-refractivity contribution in [1.29, 1.82) is 0 Å². The quantitative estimate of drug-likeness (QED) is 0.230. The average Bonchev–Trinajstić information content (AvgIpc) is 3.31. The van der Waals surface area contributed by atoms with Gasteiger partial charge in [-0.2, -0.15) is 0 Å². The standard InChI is InChI=1S/C36H30O/c1-36(2,3)26-20-19-25-21-32(28-9-4-5-10-29(28)33(25)22-26)24-17-15-23(16-18-24)27-12-8-13-31-30-11-6-7-14-34(30)37-35(27)31/h4-22,27,35H,1-3H3. The summed E-state index contributed by atoms with van der Waals surface area (Å²) >= 11 is 0. The minimum absolute atomic E-state index is 0.0340.